The molecule has 0 radical (unpaired) electrons. The van der Waals surface area contributed by atoms with Crippen molar-refractivity contribution in [1.82, 2.24) is 10.3 Å². The number of aliphatic hydroxyl groups is 1. The molecule has 31 heavy (non-hydrogen) atoms. The van der Waals surface area contributed by atoms with Gasteiger partial charge in [0.25, 0.3) is 0 Å². The highest BCUT2D eigenvalue weighted by Gasteiger charge is 2.32. The zero-order valence-electron chi connectivity index (χ0n) is 18.7. The molecule has 0 spiro atoms. The summed E-state index contributed by atoms with van der Waals surface area (Å²) in [4.78, 5) is 28.4. The normalized spacial score (nSPS) is 21.6. The van der Waals surface area contributed by atoms with Crippen LogP contribution in [0.3, 0.4) is 0 Å². The van der Waals surface area contributed by atoms with Crippen molar-refractivity contribution in [2.45, 2.75) is 83.8 Å². The van der Waals surface area contributed by atoms with Gasteiger partial charge in [0.05, 0.1) is 18.1 Å². The van der Waals surface area contributed by atoms with Gasteiger partial charge in [0.2, 0.25) is 5.91 Å². The number of nitrogens with zero attached hydrogens (tertiary/aromatic N) is 1. The van der Waals surface area contributed by atoms with Gasteiger partial charge in [-0.3, -0.25) is 9.78 Å². The molecule has 1 unspecified atom stereocenters. The lowest BCUT2D eigenvalue weighted by molar-refractivity contribution is -0.145. The Morgan fingerprint density at radius 1 is 1.26 bits per heavy atom. The van der Waals surface area contributed by atoms with Crippen LogP contribution in [0.25, 0.3) is 0 Å². The average molecular weight is 433 g/mol. The van der Waals surface area contributed by atoms with Crippen molar-refractivity contribution in [3.8, 4) is 0 Å². The number of carboxylic acid groups (broad SMARTS) is 1. The van der Waals surface area contributed by atoms with Crippen LogP contribution >= 0.6 is 0 Å². The second kappa shape index (κ2) is 10.6. The Labute approximate surface area is 184 Å². The van der Waals surface area contributed by atoms with E-state index in [4.69, 9.17) is 9.72 Å². The maximum absolute atomic E-state index is 12.1. The van der Waals surface area contributed by atoms with Crippen LogP contribution in [-0.4, -0.2) is 52.4 Å². The van der Waals surface area contributed by atoms with E-state index in [0.717, 1.165) is 38.5 Å². The van der Waals surface area contributed by atoms with Gasteiger partial charge < -0.3 is 20.3 Å². The van der Waals surface area contributed by atoms with Gasteiger partial charge in [-0.1, -0.05) is 6.07 Å². The van der Waals surface area contributed by atoms with Gasteiger partial charge in [-0.25, -0.2) is 4.79 Å². The van der Waals surface area contributed by atoms with E-state index in [-0.39, 0.29) is 19.1 Å². The van der Waals surface area contributed by atoms with Crippen LogP contribution in [0.4, 0.5) is 0 Å². The number of aromatic nitrogens is 1. The van der Waals surface area contributed by atoms with Crippen LogP contribution in [0.1, 0.15) is 69.3 Å². The summed E-state index contributed by atoms with van der Waals surface area (Å²) in [5, 5.41) is 21.1. The van der Waals surface area contributed by atoms with Crippen LogP contribution in [0.2, 0.25) is 0 Å². The van der Waals surface area contributed by atoms with Gasteiger partial charge >= 0.3 is 5.97 Å². The molecule has 2 aliphatic rings. The molecule has 0 aliphatic heterocycles. The third kappa shape index (κ3) is 6.50. The summed E-state index contributed by atoms with van der Waals surface area (Å²) in [7, 11) is 0. The van der Waals surface area contributed by atoms with E-state index in [1.54, 1.807) is 13.8 Å². The second-order valence-corrected chi connectivity index (χ2v) is 9.68. The van der Waals surface area contributed by atoms with Crippen molar-refractivity contribution in [1.29, 1.82) is 0 Å². The number of aliphatic carboxylic acids is 1. The molecule has 172 valence electrons. The number of hydrogen-bond donors (Lipinski definition) is 3. The van der Waals surface area contributed by atoms with Crippen molar-refractivity contribution in [3.63, 3.8) is 0 Å². The minimum Gasteiger partial charge on any atom is -0.480 e. The number of nitrogens with one attached hydrogen (secondary N) is 1. The number of aryl methyl sites for hydroxylation is 3. The molecule has 1 saturated carbocycles. The fraction of sp³-hybridized carbons (Fsp3) is 0.708. The first-order chi connectivity index (χ1) is 14.8. The summed E-state index contributed by atoms with van der Waals surface area (Å²) in [5.41, 5.74) is 2.89. The van der Waals surface area contributed by atoms with E-state index < -0.39 is 23.3 Å². The lowest BCUT2D eigenvalue weighted by Gasteiger charge is -2.35. The molecule has 0 saturated heterocycles. The van der Waals surface area contributed by atoms with Gasteiger partial charge in [0.15, 0.2) is 0 Å². The number of rotatable bonds is 11. The van der Waals surface area contributed by atoms with Crippen LogP contribution in [0.5, 0.6) is 0 Å². The lowest BCUT2D eigenvalue weighted by atomic mass is 9.79. The number of aliphatic hydroxyl groups excluding tert-OH is 1. The minimum absolute atomic E-state index is 0.167. The van der Waals surface area contributed by atoms with Gasteiger partial charge in [0, 0.05) is 24.4 Å². The summed E-state index contributed by atoms with van der Waals surface area (Å²) >= 11 is 0. The Morgan fingerprint density at radius 2 is 2.00 bits per heavy atom. The lowest BCUT2D eigenvalue weighted by Crippen LogP contribution is -2.48. The molecule has 0 aromatic carbocycles. The third-order valence-electron chi connectivity index (χ3n) is 6.61. The first kappa shape index (κ1) is 23.7. The van der Waals surface area contributed by atoms with E-state index >= 15 is 0 Å². The zero-order valence-corrected chi connectivity index (χ0v) is 18.7. The van der Waals surface area contributed by atoms with E-state index in [0.29, 0.717) is 12.5 Å². The number of carboxylic acids is 1. The Kier molecular flexibility index (Phi) is 8.06. The largest absolute Gasteiger partial charge is 0.480 e. The molecular formula is C24H36N2O5. The highest BCUT2D eigenvalue weighted by atomic mass is 16.5. The molecule has 1 heterocycles. The summed E-state index contributed by atoms with van der Waals surface area (Å²) in [6.45, 7) is 3.10. The Balaban J connectivity index is 1.33. The molecule has 3 N–H and O–H groups in total. The van der Waals surface area contributed by atoms with Gasteiger partial charge in [-0.2, -0.15) is 0 Å². The molecule has 7 heteroatoms. The highest BCUT2D eigenvalue weighted by molar-refractivity contribution is 5.87. The highest BCUT2D eigenvalue weighted by Crippen LogP contribution is 2.34. The standard InChI is InChI=1S/C24H36N2O5/c1-24(2,15-27)23(30)26-21(22(28)29)11-12-31-19-13-16(14-19)7-9-18-10-8-17-5-3-4-6-20(17)25-18/h8,10,16,19,21,27H,3-7,9,11-15H2,1-2H3,(H,26,30)(H,28,29). The van der Waals surface area contributed by atoms with Gasteiger partial charge in [-0.15, -0.1) is 0 Å². The smallest absolute Gasteiger partial charge is 0.326 e. The Bertz CT molecular complexity index is 773. The summed E-state index contributed by atoms with van der Waals surface area (Å²) < 4.78 is 5.83. The van der Waals surface area contributed by atoms with Crippen molar-refractivity contribution in [2.75, 3.05) is 13.2 Å². The Hall–Kier alpha value is -1.99. The first-order valence-electron chi connectivity index (χ1n) is 11.5. The SMILES string of the molecule is CC(C)(CO)C(=O)NC(CCOC1CC(CCc2ccc3c(n2)CCCC3)C1)C(=O)O. The quantitative estimate of drug-likeness (QED) is 0.496. The first-order valence-corrected chi connectivity index (χ1v) is 11.5. The average Bonchev–Trinajstić information content (AvgIpc) is 2.73. The predicted octanol–water partition coefficient (Wildman–Crippen LogP) is 2.67. The fourth-order valence-corrected chi connectivity index (χ4v) is 4.20. The molecule has 1 aromatic heterocycles. The maximum Gasteiger partial charge on any atom is 0.326 e. The molecule has 1 atom stereocenters. The monoisotopic (exact) mass is 432 g/mol. The predicted molar refractivity (Wildman–Crippen MR) is 117 cm³/mol. The van der Waals surface area contributed by atoms with Crippen molar-refractivity contribution < 1.29 is 24.5 Å². The summed E-state index contributed by atoms with van der Waals surface area (Å²) in [5.74, 6) is -0.931. The fourth-order valence-electron chi connectivity index (χ4n) is 4.20. The number of pyridine rings is 1. The van der Waals surface area contributed by atoms with Crippen molar-refractivity contribution in [3.05, 3.63) is 29.1 Å². The number of hydrogen-bond acceptors (Lipinski definition) is 5. The number of amides is 1. The maximum atomic E-state index is 12.1. The van der Waals surface area contributed by atoms with Crippen LogP contribution in [0.15, 0.2) is 12.1 Å². The molecule has 2 aliphatic carbocycles. The van der Waals surface area contributed by atoms with Crippen molar-refractivity contribution in [2.24, 2.45) is 11.3 Å². The summed E-state index contributed by atoms with van der Waals surface area (Å²) in [6, 6.07) is 3.42. The zero-order chi connectivity index (χ0) is 22.4. The van der Waals surface area contributed by atoms with E-state index in [2.05, 4.69) is 17.4 Å². The van der Waals surface area contributed by atoms with E-state index in [9.17, 15) is 19.8 Å². The number of carbonyl (C=O) groups excluding carboxylic acids is 1. The van der Waals surface area contributed by atoms with Crippen LogP contribution in [0, 0.1) is 11.3 Å². The van der Waals surface area contributed by atoms with Crippen molar-refractivity contribution >= 4 is 11.9 Å². The second-order valence-electron chi connectivity index (χ2n) is 9.68. The number of ether oxygens (including phenoxy) is 1. The van der Waals surface area contributed by atoms with Gasteiger partial charge in [0.1, 0.15) is 6.04 Å². The van der Waals surface area contributed by atoms with Gasteiger partial charge in [-0.05, 0) is 82.8 Å². The third-order valence-corrected chi connectivity index (χ3v) is 6.61. The minimum atomic E-state index is -1.09. The van der Waals surface area contributed by atoms with Crippen LogP contribution in [-0.2, 0) is 33.6 Å². The molecule has 3 rings (SSSR count). The molecule has 1 aromatic rings. The number of fused-ring (bicyclic) bond motifs is 1. The van der Waals surface area contributed by atoms with E-state index in [1.165, 1.54) is 29.8 Å². The topological polar surface area (TPSA) is 109 Å². The van der Waals surface area contributed by atoms with Crippen LogP contribution < -0.4 is 5.32 Å². The Morgan fingerprint density at radius 3 is 2.71 bits per heavy atom. The number of carbonyl (C=O) groups is 2. The molecule has 1 amide bonds. The molecule has 0 bridgehead atoms. The summed E-state index contributed by atoms with van der Waals surface area (Å²) in [6.07, 6.45) is 9.26. The molecular weight excluding hydrogens is 396 g/mol. The molecule has 7 nitrogen and oxygen atoms in total. The van der Waals surface area contributed by atoms with E-state index in [1.807, 2.05) is 0 Å². The molecule has 1 fully saturated rings.